The van der Waals surface area contributed by atoms with Crippen LogP contribution in [0.4, 0.5) is 10.6 Å². The van der Waals surface area contributed by atoms with E-state index in [4.69, 9.17) is 0 Å². The van der Waals surface area contributed by atoms with E-state index in [1.54, 1.807) is 12.3 Å². The topological polar surface area (TPSA) is 54.0 Å². The number of nitrogens with one attached hydrogen (secondary N) is 2. The zero-order valence-electron chi connectivity index (χ0n) is 13.8. The fourth-order valence-electron chi connectivity index (χ4n) is 3.54. The first-order valence-electron chi connectivity index (χ1n) is 8.38. The Hall–Kier alpha value is -3.14. The molecule has 0 fully saturated rings. The lowest BCUT2D eigenvalue weighted by atomic mass is 9.87. The second-order valence-electron chi connectivity index (χ2n) is 6.36. The summed E-state index contributed by atoms with van der Waals surface area (Å²) in [5.74, 6) is 0.540. The van der Waals surface area contributed by atoms with Crippen LogP contribution in [0.5, 0.6) is 0 Å². The number of hydrogen-bond acceptors (Lipinski definition) is 2. The average Bonchev–Trinajstić information content (AvgIpc) is 3.02. The molecule has 0 bridgehead atoms. The van der Waals surface area contributed by atoms with Crippen LogP contribution in [0.2, 0.25) is 0 Å². The third kappa shape index (κ3) is 3.11. The number of carbonyl (C=O) groups excluding carboxylic acids is 1. The minimum absolute atomic E-state index is 0.240. The SMILES string of the molecule is O=C(Nc1ccccn1)NC1(c2ccccc2)Cc2ccccc2C1. The number of aromatic nitrogens is 1. The molecule has 1 aliphatic carbocycles. The predicted octanol–water partition coefficient (Wildman–Crippen LogP) is 3.90. The molecular formula is C21H19N3O. The lowest BCUT2D eigenvalue weighted by Gasteiger charge is -2.31. The van der Waals surface area contributed by atoms with Gasteiger partial charge in [-0.2, -0.15) is 0 Å². The first-order chi connectivity index (χ1) is 12.3. The number of nitrogens with zero attached hydrogens (tertiary/aromatic N) is 1. The molecule has 2 aromatic carbocycles. The van der Waals surface area contributed by atoms with E-state index in [1.807, 2.05) is 42.5 Å². The molecule has 4 heteroatoms. The van der Waals surface area contributed by atoms with Crippen molar-refractivity contribution in [3.05, 3.63) is 95.7 Å². The lowest BCUT2D eigenvalue weighted by molar-refractivity contribution is 0.237. The van der Waals surface area contributed by atoms with Crippen molar-refractivity contribution in [1.82, 2.24) is 10.3 Å². The van der Waals surface area contributed by atoms with Crippen molar-refractivity contribution in [3.63, 3.8) is 0 Å². The highest BCUT2D eigenvalue weighted by molar-refractivity contribution is 5.89. The van der Waals surface area contributed by atoms with Crippen LogP contribution in [0, 0.1) is 0 Å². The molecular weight excluding hydrogens is 310 g/mol. The van der Waals surface area contributed by atoms with Gasteiger partial charge in [0.15, 0.2) is 0 Å². The van der Waals surface area contributed by atoms with Gasteiger partial charge in [-0.25, -0.2) is 9.78 Å². The molecule has 4 rings (SSSR count). The average molecular weight is 329 g/mol. The van der Waals surface area contributed by atoms with Crippen LogP contribution >= 0.6 is 0 Å². The number of benzene rings is 2. The maximum atomic E-state index is 12.6. The van der Waals surface area contributed by atoms with Crippen LogP contribution in [0.25, 0.3) is 0 Å². The van der Waals surface area contributed by atoms with E-state index < -0.39 is 5.54 Å². The van der Waals surface area contributed by atoms with Crippen molar-refractivity contribution in [3.8, 4) is 0 Å². The summed E-state index contributed by atoms with van der Waals surface area (Å²) in [5.41, 5.74) is 3.24. The number of pyridine rings is 1. The summed E-state index contributed by atoms with van der Waals surface area (Å²) in [6.45, 7) is 0. The molecule has 0 saturated heterocycles. The maximum absolute atomic E-state index is 12.6. The molecule has 0 radical (unpaired) electrons. The fourth-order valence-corrected chi connectivity index (χ4v) is 3.54. The van der Waals surface area contributed by atoms with E-state index in [0.717, 1.165) is 18.4 Å². The highest BCUT2D eigenvalue weighted by Gasteiger charge is 2.40. The van der Waals surface area contributed by atoms with Crippen molar-refractivity contribution in [2.24, 2.45) is 0 Å². The number of amides is 2. The van der Waals surface area contributed by atoms with Gasteiger partial charge in [0.2, 0.25) is 0 Å². The molecule has 0 spiro atoms. The Labute approximate surface area is 146 Å². The van der Waals surface area contributed by atoms with Gasteiger partial charge in [0.05, 0.1) is 5.54 Å². The molecule has 0 aliphatic heterocycles. The Morgan fingerprint density at radius 1 is 0.840 bits per heavy atom. The van der Waals surface area contributed by atoms with Gasteiger partial charge in [0.25, 0.3) is 0 Å². The maximum Gasteiger partial charge on any atom is 0.321 e. The number of rotatable bonds is 3. The van der Waals surface area contributed by atoms with Gasteiger partial charge in [-0.3, -0.25) is 5.32 Å². The van der Waals surface area contributed by atoms with Crippen molar-refractivity contribution in [2.45, 2.75) is 18.4 Å². The van der Waals surface area contributed by atoms with Crippen LogP contribution < -0.4 is 10.6 Å². The van der Waals surface area contributed by atoms with Crippen molar-refractivity contribution >= 4 is 11.8 Å². The van der Waals surface area contributed by atoms with Crippen molar-refractivity contribution in [2.75, 3.05) is 5.32 Å². The minimum atomic E-state index is -0.441. The molecule has 4 nitrogen and oxygen atoms in total. The van der Waals surface area contributed by atoms with E-state index in [9.17, 15) is 4.79 Å². The van der Waals surface area contributed by atoms with Gasteiger partial charge in [0.1, 0.15) is 5.82 Å². The summed E-state index contributed by atoms with van der Waals surface area (Å²) < 4.78 is 0. The summed E-state index contributed by atoms with van der Waals surface area (Å²) in [4.78, 5) is 16.8. The van der Waals surface area contributed by atoms with Gasteiger partial charge in [0, 0.05) is 19.0 Å². The van der Waals surface area contributed by atoms with Crippen LogP contribution in [-0.4, -0.2) is 11.0 Å². The molecule has 2 N–H and O–H groups in total. The van der Waals surface area contributed by atoms with E-state index in [0.29, 0.717) is 5.82 Å². The molecule has 124 valence electrons. The number of anilines is 1. The van der Waals surface area contributed by atoms with E-state index in [-0.39, 0.29) is 6.03 Å². The molecule has 1 aromatic heterocycles. The van der Waals surface area contributed by atoms with Gasteiger partial charge in [-0.15, -0.1) is 0 Å². The Morgan fingerprint density at radius 2 is 1.48 bits per heavy atom. The third-order valence-electron chi connectivity index (χ3n) is 4.69. The summed E-state index contributed by atoms with van der Waals surface area (Å²) in [6, 6.07) is 23.7. The Bertz CT molecular complexity index is 853. The number of carbonyl (C=O) groups is 1. The molecule has 0 atom stereocenters. The normalized spacial score (nSPS) is 14.6. The molecule has 2 amide bonds. The molecule has 0 saturated carbocycles. The number of hydrogen-bond donors (Lipinski definition) is 2. The van der Waals surface area contributed by atoms with Crippen molar-refractivity contribution < 1.29 is 4.79 Å². The molecule has 0 unspecified atom stereocenters. The number of urea groups is 1. The van der Waals surface area contributed by atoms with Gasteiger partial charge < -0.3 is 5.32 Å². The zero-order chi connectivity index (χ0) is 17.1. The standard InChI is InChI=1S/C21H19N3O/c25-20(23-19-12-6-7-13-22-19)24-21(18-10-2-1-3-11-18)14-16-8-4-5-9-17(16)15-21/h1-13H,14-15H2,(H2,22,23,24,25). The van der Waals surface area contributed by atoms with Crippen molar-refractivity contribution in [1.29, 1.82) is 0 Å². The monoisotopic (exact) mass is 329 g/mol. The molecule has 1 heterocycles. The minimum Gasteiger partial charge on any atom is -0.328 e. The van der Waals surface area contributed by atoms with Gasteiger partial charge in [-0.1, -0.05) is 60.7 Å². The first-order valence-corrected chi connectivity index (χ1v) is 8.38. The quantitative estimate of drug-likeness (QED) is 0.766. The molecule has 3 aromatic rings. The fraction of sp³-hybridized carbons (Fsp3) is 0.143. The second-order valence-corrected chi connectivity index (χ2v) is 6.36. The van der Waals surface area contributed by atoms with E-state index in [2.05, 4.69) is 39.9 Å². The smallest absolute Gasteiger partial charge is 0.321 e. The van der Waals surface area contributed by atoms with Crippen LogP contribution in [-0.2, 0) is 18.4 Å². The van der Waals surface area contributed by atoms with Gasteiger partial charge in [-0.05, 0) is 28.8 Å². The van der Waals surface area contributed by atoms with E-state index in [1.165, 1.54) is 11.1 Å². The summed E-state index contributed by atoms with van der Waals surface area (Å²) in [7, 11) is 0. The largest absolute Gasteiger partial charge is 0.328 e. The summed E-state index contributed by atoms with van der Waals surface area (Å²) in [5, 5.41) is 6.04. The Morgan fingerprint density at radius 3 is 2.12 bits per heavy atom. The van der Waals surface area contributed by atoms with Crippen LogP contribution in [0.15, 0.2) is 79.0 Å². The summed E-state index contributed by atoms with van der Waals surface area (Å²) >= 11 is 0. The Balaban J connectivity index is 1.63. The molecule has 1 aliphatic rings. The lowest BCUT2D eigenvalue weighted by Crippen LogP contribution is -2.48. The van der Waals surface area contributed by atoms with Gasteiger partial charge >= 0.3 is 6.03 Å². The Kier molecular flexibility index (Phi) is 3.94. The van der Waals surface area contributed by atoms with Crippen LogP contribution in [0.1, 0.15) is 16.7 Å². The summed E-state index contributed by atoms with van der Waals surface area (Å²) in [6.07, 6.45) is 3.22. The predicted molar refractivity (Wildman–Crippen MR) is 98.4 cm³/mol. The second kappa shape index (κ2) is 6.40. The van der Waals surface area contributed by atoms with Crippen LogP contribution in [0.3, 0.4) is 0 Å². The zero-order valence-corrected chi connectivity index (χ0v) is 13.8. The van der Waals surface area contributed by atoms with E-state index >= 15 is 0 Å². The highest BCUT2D eigenvalue weighted by Crippen LogP contribution is 2.37. The molecule has 25 heavy (non-hydrogen) atoms. The number of fused-ring (bicyclic) bond motifs is 1. The highest BCUT2D eigenvalue weighted by atomic mass is 16.2. The first kappa shape index (κ1) is 15.4. The third-order valence-corrected chi connectivity index (χ3v) is 4.69.